The monoisotopic (exact) mass is 359 g/mol. The number of aromatic nitrogens is 1. The third-order valence-electron chi connectivity index (χ3n) is 3.70. The minimum Gasteiger partial charge on any atom is -0.476 e. The van der Waals surface area contributed by atoms with Gasteiger partial charge in [-0.15, -0.1) is 0 Å². The van der Waals surface area contributed by atoms with Crippen LogP contribution < -0.4 is 4.74 Å². The zero-order valence-electron chi connectivity index (χ0n) is 14.2. The Morgan fingerprint density at radius 2 is 1.92 bits per heavy atom. The highest BCUT2D eigenvalue weighted by molar-refractivity contribution is 6.30. The highest BCUT2D eigenvalue weighted by Crippen LogP contribution is 2.32. The summed E-state index contributed by atoms with van der Waals surface area (Å²) >= 11 is 5.92. The maximum absolute atomic E-state index is 12.0. The van der Waals surface area contributed by atoms with Crippen molar-refractivity contribution in [1.29, 1.82) is 0 Å². The van der Waals surface area contributed by atoms with Gasteiger partial charge in [0.15, 0.2) is 11.2 Å². The molecule has 0 amide bonds. The summed E-state index contributed by atoms with van der Waals surface area (Å²) in [6.07, 6.45) is 0. The molecule has 0 bridgehead atoms. The van der Waals surface area contributed by atoms with Crippen molar-refractivity contribution in [2.24, 2.45) is 0 Å². The lowest BCUT2D eigenvalue weighted by atomic mass is 10.1. The number of benzene rings is 2. The number of esters is 1. The Balaban J connectivity index is 1.89. The van der Waals surface area contributed by atoms with Gasteiger partial charge in [0, 0.05) is 22.0 Å². The van der Waals surface area contributed by atoms with E-state index in [1.165, 1.54) is 0 Å². The SMILES string of the molecule is CCOC(=O)C(C)(C)Oc1ccc2c(-c3ccc(Cl)cc3)noc2c1. The van der Waals surface area contributed by atoms with Crippen molar-refractivity contribution in [3.05, 3.63) is 47.5 Å². The molecule has 1 heterocycles. The molecule has 0 N–H and O–H groups in total. The maximum atomic E-state index is 12.0. The van der Waals surface area contributed by atoms with Gasteiger partial charge in [-0.25, -0.2) is 4.79 Å². The number of nitrogens with zero attached hydrogens (tertiary/aromatic N) is 1. The van der Waals surface area contributed by atoms with Gasteiger partial charge >= 0.3 is 5.97 Å². The van der Waals surface area contributed by atoms with Gasteiger partial charge in [-0.2, -0.15) is 0 Å². The number of carbonyl (C=O) groups is 1. The summed E-state index contributed by atoms with van der Waals surface area (Å²) < 4.78 is 16.2. The number of hydrogen-bond donors (Lipinski definition) is 0. The summed E-state index contributed by atoms with van der Waals surface area (Å²) in [5.41, 5.74) is 1.11. The van der Waals surface area contributed by atoms with Gasteiger partial charge in [-0.3, -0.25) is 0 Å². The summed E-state index contributed by atoms with van der Waals surface area (Å²) in [4.78, 5) is 12.0. The Labute approximate surface area is 150 Å². The lowest BCUT2D eigenvalue weighted by Crippen LogP contribution is -2.39. The first kappa shape index (κ1) is 17.3. The van der Waals surface area contributed by atoms with Crippen molar-refractivity contribution in [1.82, 2.24) is 5.16 Å². The van der Waals surface area contributed by atoms with Gasteiger partial charge in [0.05, 0.1) is 6.61 Å². The quantitative estimate of drug-likeness (QED) is 0.608. The van der Waals surface area contributed by atoms with E-state index in [-0.39, 0.29) is 0 Å². The molecule has 6 heteroatoms. The number of halogens is 1. The summed E-state index contributed by atoms with van der Waals surface area (Å²) in [5, 5.41) is 5.64. The molecule has 1 aromatic heterocycles. The molecule has 0 saturated carbocycles. The molecule has 0 radical (unpaired) electrons. The van der Waals surface area contributed by atoms with Crippen molar-refractivity contribution in [3.8, 4) is 17.0 Å². The van der Waals surface area contributed by atoms with Crippen LogP contribution in [0.25, 0.3) is 22.2 Å². The molecular weight excluding hydrogens is 342 g/mol. The van der Waals surface area contributed by atoms with E-state index in [2.05, 4.69) is 5.16 Å². The maximum Gasteiger partial charge on any atom is 0.349 e. The molecule has 0 atom stereocenters. The van der Waals surface area contributed by atoms with Crippen LogP contribution in [0.1, 0.15) is 20.8 Å². The van der Waals surface area contributed by atoms with Crippen molar-refractivity contribution in [3.63, 3.8) is 0 Å². The lowest BCUT2D eigenvalue weighted by Gasteiger charge is -2.23. The van der Waals surface area contributed by atoms with E-state index >= 15 is 0 Å². The average molecular weight is 360 g/mol. The number of rotatable bonds is 5. The first-order valence-corrected chi connectivity index (χ1v) is 8.30. The van der Waals surface area contributed by atoms with E-state index < -0.39 is 11.6 Å². The second kappa shape index (κ2) is 6.76. The van der Waals surface area contributed by atoms with Gasteiger partial charge in [-0.1, -0.05) is 28.9 Å². The fourth-order valence-electron chi connectivity index (χ4n) is 2.44. The van der Waals surface area contributed by atoms with Gasteiger partial charge in [-0.05, 0) is 45.0 Å². The molecule has 130 valence electrons. The van der Waals surface area contributed by atoms with E-state index in [0.717, 1.165) is 16.6 Å². The van der Waals surface area contributed by atoms with E-state index in [9.17, 15) is 4.79 Å². The molecule has 0 aliphatic heterocycles. The fraction of sp³-hybridized carbons (Fsp3) is 0.263. The van der Waals surface area contributed by atoms with Crippen LogP contribution in [0.3, 0.4) is 0 Å². The van der Waals surface area contributed by atoms with Crippen LogP contribution in [0.15, 0.2) is 47.0 Å². The molecule has 5 nitrogen and oxygen atoms in total. The van der Waals surface area contributed by atoms with Crippen LogP contribution in [-0.4, -0.2) is 23.3 Å². The van der Waals surface area contributed by atoms with Crippen molar-refractivity contribution < 1.29 is 18.8 Å². The zero-order chi connectivity index (χ0) is 18.0. The number of hydrogen-bond acceptors (Lipinski definition) is 5. The predicted molar refractivity (Wildman–Crippen MR) is 95.8 cm³/mol. The third-order valence-corrected chi connectivity index (χ3v) is 3.95. The Hall–Kier alpha value is -2.53. The van der Waals surface area contributed by atoms with Crippen LogP contribution in [0.5, 0.6) is 5.75 Å². The average Bonchev–Trinajstić information content (AvgIpc) is 2.98. The molecule has 0 fully saturated rings. The van der Waals surface area contributed by atoms with Gasteiger partial charge < -0.3 is 14.0 Å². The standard InChI is InChI=1S/C19H18ClNO4/c1-4-23-18(22)19(2,3)24-14-9-10-15-16(11-14)25-21-17(15)12-5-7-13(20)8-6-12/h5-11H,4H2,1-3H3. The molecular formula is C19H18ClNO4. The number of ether oxygens (including phenoxy) is 2. The summed E-state index contributed by atoms with van der Waals surface area (Å²) in [5.74, 6) is 0.0823. The van der Waals surface area contributed by atoms with Crippen LogP contribution in [-0.2, 0) is 9.53 Å². The lowest BCUT2D eigenvalue weighted by molar-refractivity contribution is -0.158. The summed E-state index contributed by atoms with van der Waals surface area (Å²) in [6, 6.07) is 12.7. The van der Waals surface area contributed by atoms with Crippen LogP contribution in [0, 0.1) is 0 Å². The smallest absolute Gasteiger partial charge is 0.349 e. The highest BCUT2D eigenvalue weighted by atomic mass is 35.5. The number of carbonyl (C=O) groups excluding carboxylic acids is 1. The third kappa shape index (κ3) is 3.61. The van der Waals surface area contributed by atoms with Crippen LogP contribution in [0.2, 0.25) is 5.02 Å². The van der Waals surface area contributed by atoms with Gasteiger partial charge in [0.25, 0.3) is 0 Å². The molecule has 3 aromatic rings. The zero-order valence-corrected chi connectivity index (χ0v) is 15.0. The Kier molecular flexibility index (Phi) is 4.68. The van der Waals surface area contributed by atoms with E-state index in [4.69, 9.17) is 25.6 Å². The second-order valence-electron chi connectivity index (χ2n) is 6.03. The Bertz CT molecular complexity index is 899. The molecule has 25 heavy (non-hydrogen) atoms. The molecule has 0 unspecified atom stereocenters. The minimum absolute atomic E-state index is 0.303. The largest absolute Gasteiger partial charge is 0.476 e. The summed E-state index contributed by atoms with van der Waals surface area (Å²) in [6.45, 7) is 5.38. The molecule has 0 aliphatic carbocycles. The predicted octanol–water partition coefficient (Wildman–Crippen LogP) is 4.87. The first-order valence-electron chi connectivity index (χ1n) is 7.92. The fourth-order valence-corrected chi connectivity index (χ4v) is 2.56. The molecule has 0 aliphatic rings. The second-order valence-corrected chi connectivity index (χ2v) is 6.47. The van der Waals surface area contributed by atoms with E-state index in [1.54, 1.807) is 45.0 Å². The first-order chi connectivity index (χ1) is 11.9. The normalized spacial score (nSPS) is 11.5. The topological polar surface area (TPSA) is 61.6 Å². The van der Waals surface area contributed by atoms with Gasteiger partial charge in [0.1, 0.15) is 11.4 Å². The van der Waals surface area contributed by atoms with Crippen molar-refractivity contribution in [2.75, 3.05) is 6.61 Å². The van der Waals surface area contributed by atoms with Crippen molar-refractivity contribution >= 4 is 28.5 Å². The molecule has 0 spiro atoms. The number of fused-ring (bicyclic) bond motifs is 1. The minimum atomic E-state index is -1.09. The van der Waals surface area contributed by atoms with Crippen LogP contribution >= 0.6 is 11.6 Å². The molecule has 2 aromatic carbocycles. The van der Waals surface area contributed by atoms with E-state index in [0.29, 0.717) is 23.0 Å². The molecule has 3 rings (SSSR count). The van der Waals surface area contributed by atoms with E-state index in [1.807, 2.05) is 18.2 Å². The molecule has 0 saturated heterocycles. The van der Waals surface area contributed by atoms with Gasteiger partial charge in [0.2, 0.25) is 0 Å². The Morgan fingerprint density at radius 3 is 2.60 bits per heavy atom. The van der Waals surface area contributed by atoms with Crippen LogP contribution in [0.4, 0.5) is 0 Å². The highest BCUT2D eigenvalue weighted by Gasteiger charge is 2.31. The van der Waals surface area contributed by atoms with Crippen molar-refractivity contribution in [2.45, 2.75) is 26.4 Å². The summed E-state index contributed by atoms with van der Waals surface area (Å²) in [7, 11) is 0. The Morgan fingerprint density at radius 1 is 1.20 bits per heavy atom.